The summed E-state index contributed by atoms with van der Waals surface area (Å²) in [5.41, 5.74) is 0. The third-order valence-electron chi connectivity index (χ3n) is 3.31. The van der Waals surface area contributed by atoms with Gasteiger partial charge in [-0.2, -0.15) is 0 Å². The fourth-order valence-electron chi connectivity index (χ4n) is 1.76. The van der Waals surface area contributed by atoms with E-state index < -0.39 is 18.0 Å². The summed E-state index contributed by atoms with van der Waals surface area (Å²) in [6, 6.07) is 0. The second-order valence-corrected chi connectivity index (χ2v) is 5.31. The van der Waals surface area contributed by atoms with Gasteiger partial charge in [-0.15, -0.1) is 0 Å². The molecule has 108 valence electrons. The van der Waals surface area contributed by atoms with Crippen LogP contribution in [0.15, 0.2) is 0 Å². The Bertz CT molecular complexity index is 350. The highest BCUT2D eigenvalue weighted by Crippen LogP contribution is 2.18. The molecule has 1 rings (SSSR count). The summed E-state index contributed by atoms with van der Waals surface area (Å²) in [7, 11) is 0. The number of ether oxygens (including phenoxy) is 1. The van der Waals surface area contributed by atoms with Gasteiger partial charge in [0.25, 0.3) is 11.8 Å². The molecule has 0 bridgehead atoms. The molecule has 6 heteroatoms. The van der Waals surface area contributed by atoms with Crippen LogP contribution in [-0.4, -0.2) is 29.1 Å². The molecule has 0 unspecified atom stereocenters. The molecule has 0 aliphatic carbocycles. The second kappa shape index (κ2) is 6.54. The van der Waals surface area contributed by atoms with Gasteiger partial charge in [-0.25, -0.2) is 4.79 Å². The minimum Gasteiger partial charge on any atom is -0.430 e. The lowest BCUT2D eigenvalue weighted by Crippen LogP contribution is -2.33. The van der Waals surface area contributed by atoms with Crippen LogP contribution in [-0.2, 0) is 19.2 Å². The van der Waals surface area contributed by atoms with Crippen molar-refractivity contribution in [1.29, 1.82) is 0 Å². The maximum atomic E-state index is 11.5. The van der Waals surface area contributed by atoms with E-state index in [1.54, 1.807) is 6.92 Å². The third kappa shape index (κ3) is 4.54. The summed E-state index contributed by atoms with van der Waals surface area (Å²) < 4.78 is 5.02. The van der Waals surface area contributed by atoms with Gasteiger partial charge in [0.2, 0.25) is 0 Å². The van der Waals surface area contributed by atoms with E-state index in [4.69, 9.17) is 4.74 Å². The van der Waals surface area contributed by atoms with Crippen LogP contribution >= 0.6 is 0 Å². The third-order valence-corrected chi connectivity index (χ3v) is 3.31. The monoisotopic (exact) mass is 271 g/mol. The van der Waals surface area contributed by atoms with Crippen molar-refractivity contribution in [3.8, 4) is 0 Å². The van der Waals surface area contributed by atoms with Crippen LogP contribution in [0, 0.1) is 11.8 Å². The summed E-state index contributed by atoms with van der Waals surface area (Å²) in [4.78, 5) is 38.6. The highest BCUT2D eigenvalue weighted by molar-refractivity contribution is 6.01. The van der Waals surface area contributed by atoms with E-state index in [0.717, 1.165) is 0 Å². The van der Waals surface area contributed by atoms with E-state index in [0.29, 0.717) is 23.3 Å². The van der Waals surface area contributed by atoms with Gasteiger partial charge >= 0.3 is 6.16 Å². The summed E-state index contributed by atoms with van der Waals surface area (Å²) in [6.07, 6.45) is -0.475. The lowest BCUT2D eigenvalue weighted by atomic mass is 9.93. The van der Waals surface area contributed by atoms with E-state index in [-0.39, 0.29) is 18.9 Å². The van der Waals surface area contributed by atoms with Gasteiger partial charge in [0.05, 0.1) is 0 Å². The van der Waals surface area contributed by atoms with Crippen molar-refractivity contribution >= 4 is 18.0 Å². The van der Waals surface area contributed by atoms with E-state index in [1.165, 1.54) is 0 Å². The molecule has 6 nitrogen and oxygen atoms in total. The maximum absolute atomic E-state index is 11.5. The largest absolute Gasteiger partial charge is 0.534 e. The quantitative estimate of drug-likeness (QED) is 0.566. The molecule has 1 heterocycles. The van der Waals surface area contributed by atoms with Crippen molar-refractivity contribution in [1.82, 2.24) is 5.06 Å². The molecular weight excluding hydrogens is 250 g/mol. The Labute approximate surface area is 113 Å². The summed E-state index contributed by atoms with van der Waals surface area (Å²) in [6.45, 7) is 8.02. The molecule has 0 aromatic rings. The molecule has 19 heavy (non-hydrogen) atoms. The molecular formula is C13H21NO5. The summed E-state index contributed by atoms with van der Waals surface area (Å²) >= 11 is 0. The standard InChI is InChI=1S/C13H21NO5/c1-8(2)9(3)7-10(4)18-13(17)19-14-11(15)5-6-12(14)16/h8-10H,5-7H2,1-4H3/t9-,10-/m0/s1. The Balaban J connectivity index is 2.38. The predicted molar refractivity (Wildman–Crippen MR) is 66.7 cm³/mol. The first-order chi connectivity index (χ1) is 8.81. The van der Waals surface area contributed by atoms with E-state index in [9.17, 15) is 14.4 Å². The second-order valence-electron chi connectivity index (χ2n) is 5.31. The van der Waals surface area contributed by atoms with Crippen molar-refractivity contribution in [3.63, 3.8) is 0 Å². The van der Waals surface area contributed by atoms with Crippen molar-refractivity contribution in [2.24, 2.45) is 11.8 Å². The topological polar surface area (TPSA) is 72.9 Å². The molecule has 1 aliphatic rings. The van der Waals surface area contributed by atoms with Gasteiger partial charge < -0.3 is 4.74 Å². The smallest absolute Gasteiger partial charge is 0.430 e. The Kier molecular flexibility index (Phi) is 5.32. The number of rotatable bonds is 5. The molecule has 0 aromatic carbocycles. The summed E-state index contributed by atoms with van der Waals surface area (Å²) in [5, 5.41) is 0.487. The Morgan fingerprint density at radius 3 is 2.16 bits per heavy atom. The van der Waals surface area contributed by atoms with Gasteiger partial charge in [-0.1, -0.05) is 25.8 Å². The number of carbonyl (C=O) groups excluding carboxylic acids is 3. The molecule has 1 fully saturated rings. The first-order valence-electron chi connectivity index (χ1n) is 6.55. The van der Waals surface area contributed by atoms with Gasteiger partial charge in [0.1, 0.15) is 6.10 Å². The minimum atomic E-state index is -1.01. The van der Waals surface area contributed by atoms with Crippen LogP contribution in [0.4, 0.5) is 4.79 Å². The normalized spacial score (nSPS) is 18.7. The average molecular weight is 271 g/mol. The molecule has 0 spiro atoms. The fourth-order valence-corrected chi connectivity index (χ4v) is 1.76. The SMILES string of the molecule is CC(C)[C@@H](C)C[C@H](C)OC(=O)ON1C(=O)CCC1=O. The lowest BCUT2D eigenvalue weighted by Gasteiger charge is -2.21. The molecule has 0 N–H and O–H groups in total. The molecule has 2 amide bonds. The minimum absolute atomic E-state index is 0.0754. The lowest BCUT2D eigenvalue weighted by molar-refractivity contribution is -0.178. The molecule has 1 saturated heterocycles. The van der Waals surface area contributed by atoms with Crippen LogP contribution in [0.1, 0.15) is 47.0 Å². The first-order valence-corrected chi connectivity index (χ1v) is 6.55. The van der Waals surface area contributed by atoms with Gasteiger partial charge in [0, 0.05) is 12.8 Å². The van der Waals surface area contributed by atoms with Gasteiger partial charge in [0.15, 0.2) is 0 Å². The molecule has 2 atom stereocenters. The van der Waals surface area contributed by atoms with Crippen molar-refractivity contribution in [2.45, 2.75) is 53.1 Å². The molecule has 0 radical (unpaired) electrons. The zero-order valence-electron chi connectivity index (χ0n) is 11.8. The Hall–Kier alpha value is -1.59. The number of hydroxylamine groups is 2. The molecule has 0 saturated carbocycles. The van der Waals surface area contributed by atoms with E-state index in [1.807, 2.05) is 0 Å². The zero-order chi connectivity index (χ0) is 14.6. The maximum Gasteiger partial charge on any atom is 0.534 e. The van der Waals surface area contributed by atoms with Crippen LogP contribution < -0.4 is 0 Å². The molecule has 1 aliphatic heterocycles. The highest BCUT2D eigenvalue weighted by Gasteiger charge is 2.33. The fraction of sp³-hybridized carbons (Fsp3) is 0.769. The van der Waals surface area contributed by atoms with Crippen LogP contribution in [0.5, 0.6) is 0 Å². The predicted octanol–water partition coefficient (Wildman–Crippen LogP) is 2.27. The number of amides is 2. The zero-order valence-corrected chi connectivity index (χ0v) is 11.8. The van der Waals surface area contributed by atoms with E-state index in [2.05, 4.69) is 25.6 Å². The highest BCUT2D eigenvalue weighted by atomic mass is 16.8. The van der Waals surface area contributed by atoms with Crippen molar-refractivity contribution < 1.29 is 24.0 Å². The Morgan fingerprint density at radius 1 is 1.16 bits per heavy atom. The van der Waals surface area contributed by atoms with Crippen molar-refractivity contribution in [3.05, 3.63) is 0 Å². The van der Waals surface area contributed by atoms with Crippen LogP contribution in [0.2, 0.25) is 0 Å². The van der Waals surface area contributed by atoms with Gasteiger partial charge in [-0.3, -0.25) is 14.4 Å². The van der Waals surface area contributed by atoms with E-state index >= 15 is 0 Å². The van der Waals surface area contributed by atoms with Gasteiger partial charge in [-0.05, 0) is 25.2 Å². The number of nitrogens with zero attached hydrogens (tertiary/aromatic N) is 1. The number of hydrogen-bond acceptors (Lipinski definition) is 5. The average Bonchev–Trinajstić information content (AvgIpc) is 2.60. The number of carbonyl (C=O) groups is 3. The number of imide groups is 1. The molecule has 0 aromatic heterocycles. The van der Waals surface area contributed by atoms with Crippen LogP contribution in [0.25, 0.3) is 0 Å². The summed E-state index contributed by atoms with van der Waals surface area (Å²) in [5.74, 6) is -0.128. The Morgan fingerprint density at radius 2 is 1.68 bits per heavy atom. The first kappa shape index (κ1) is 15.5. The van der Waals surface area contributed by atoms with Crippen LogP contribution in [0.3, 0.4) is 0 Å². The number of hydrogen-bond donors (Lipinski definition) is 0. The van der Waals surface area contributed by atoms with Crippen molar-refractivity contribution in [2.75, 3.05) is 0 Å².